The van der Waals surface area contributed by atoms with E-state index in [1.165, 1.54) is 7.11 Å². The number of halogens is 1. The molecule has 5 heteroatoms. The summed E-state index contributed by atoms with van der Waals surface area (Å²) in [5, 5.41) is 7.13. The average Bonchev–Trinajstić information content (AvgIpc) is 2.70. The molecule has 0 bridgehead atoms. The smallest absolute Gasteiger partial charge is 0.338 e. The maximum Gasteiger partial charge on any atom is 0.338 e. The van der Waals surface area contributed by atoms with Gasteiger partial charge in [0, 0.05) is 22.2 Å². The molecule has 0 atom stereocenters. The Morgan fingerprint density at radius 3 is 2.74 bits per heavy atom. The maximum atomic E-state index is 11.8. The standard InChI is InChI=1S/C14H15BrN2O2/c1-8-13(9(2)17-16-8)7-10-6-11(15)4-5-12(10)14(18)19-3/h4-6H,7H2,1-3H3,(H,16,17). The van der Waals surface area contributed by atoms with Crippen molar-refractivity contribution >= 4 is 21.9 Å². The molecule has 0 aliphatic carbocycles. The number of esters is 1. The summed E-state index contributed by atoms with van der Waals surface area (Å²) in [6.07, 6.45) is 0.651. The van der Waals surface area contributed by atoms with Crippen molar-refractivity contribution in [2.24, 2.45) is 0 Å². The van der Waals surface area contributed by atoms with Crippen LogP contribution < -0.4 is 0 Å². The van der Waals surface area contributed by atoms with Crippen molar-refractivity contribution in [1.82, 2.24) is 10.2 Å². The summed E-state index contributed by atoms with van der Waals surface area (Å²) in [6, 6.07) is 5.55. The SMILES string of the molecule is COC(=O)c1ccc(Br)cc1Cc1c(C)n[nH]c1C. The first-order valence-corrected chi connectivity index (χ1v) is 6.69. The Hall–Kier alpha value is -1.62. The van der Waals surface area contributed by atoms with Crippen molar-refractivity contribution in [3.63, 3.8) is 0 Å². The van der Waals surface area contributed by atoms with Crippen LogP contribution in [0, 0.1) is 13.8 Å². The topological polar surface area (TPSA) is 55.0 Å². The normalized spacial score (nSPS) is 10.5. The van der Waals surface area contributed by atoms with Crippen molar-refractivity contribution in [2.45, 2.75) is 20.3 Å². The molecular weight excluding hydrogens is 308 g/mol. The minimum Gasteiger partial charge on any atom is -0.465 e. The van der Waals surface area contributed by atoms with E-state index >= 15 is 0 Å². The van der Waals surface area contributed by atoms with Gasteiger partial charge >= 0.3 is 5.97 Å². The second-order valence-corrected chi connectivity index (χ2v) is 5.30. The highest BCUT2D eigenvalue weighted by molar-refractivity contribution is 9.10. The molecule has 19 heavy (non-hydrogen) atoms. The highest BCUT2D eigenvalue weighted by Gasteiger charge is 2.15. The first-order chi connectivity index (χ1) is 9.02. The minimum atomic E-state index is -0.318. The number of carbonyl (C=O) groups excluding carboxylic acids is 1. The Balaban J connectivity index is 2.44. The van der Waals surface area contributed by atoms with Crippen molar-refractivity contribution in [3.8, 4) is 0 Å². The summed E-state index contributed by atoms with van der Waals surface area (Å²) < 4.78 is 5.76. The average molecular weight is 323 g/mol. The highest BCUT2D eigenvalue weighted by atomic mass is 79.9. The van der Waals surface area contributed by atoms with E-state index in [1.807, 2.05) is 26.0 Å². The number of aromatic amines is 1. The Bertz CT molecular complexity index is 600. The van der Waals surface area contributed by atoms with Crippen LogP contribution in [0.4, 0.5) is 0 Å². The number of H-pyrrole nitrogens is 1. The lowest BCUT2D eigenvalue weighted by Crippen LogP contribution is -2.06. The largest absolute Gasteiger partial charge is 0.465 e. The second kappa shape index (κ2) is 5.57. The monoisotopic (exact) mass is 322 g/mol. The fourth-order valence-electron chi connectivity index (χ4n) is 2.04. The van der Waals surface area contributed by atoms with Crippen LogP contribution >= 0.6 is 15.9 Å². The van der Waals surface area contributed by atoms with E-state index in [0.717, 1.165) is 27.0 Å². The molecule has 2 rings (SSSR count). The molecule has 100 valence electrons. The van der Waals surface area contributed by atoms with Crippen LogP contribution in [0.15, 0.2) is 22.7 Å². The summed E-state index contributed by atoms with van der Waals surface area (Å²) in [5.41, 5.74) is 4.60. The van der Waals surface area contributed by atoms with Gasteiger partial charge in [-0.1, -0.05) is 15.9 Å². The zero-order valence-corrected chi connectivity index (χ0v) is 12.7. The molecule has 0 spiro atoms. The van der Waals surface area contributed by atoms with Crippen LogP contribution in [0.2, 0.25) is 0 Å². The predicted molar refractivity (Wildman–Crippen MR) is 76.3 cm³/mol. The lowest BCUT2D eigenvalue weighted by Gasteiger charge is -2.09. The van der Waals surface area contributed by atoms with Gasteiger partial charge in [0.1, 0.15) is 0 Å². The number of hydrogen-bond donors (Lipinski definition) is 1. The predicted octanol–water partition coefficient (Wildman–Crippen LogP) is 3.17. The van der Waals surface area contributed by atoms with Crippen LogP contribution in [0.25, 0.3) is 0 Å². The third kappa shape index (κ3) is 2.87. The van der Waals surface area contributed by atoms with Gasteiger partial charge in [-0.05, 0) is 37.6 Å². The van der Waals surface area contributed by atoms with Crippen molar-refractivity contribution in [3.05, 3.63) is 50.8 Å². The Morgan fingerprint density at radius 1 is 1.42 bits per heavy atom. The number of methoxy groups -OCH3 is 1. The van der Waals surface area contributed by atoms with Crippen LogP contribution in [0.3, 0.4) is 0 Å². The van der Waals surface area contributed by atoms with E-state index in [9.17, 15) is 4.79 Å². The van der Waals surface area contributed by atoms with Gasteiger partial charge in [-0.3, -0.25) is 5.10 Å². The Labute approximate surface area is 120 Å². The van der Waals surface area contributed by atoms with Gasteiger partial charge in [-0.25, -0.2) is 4.79 Å². The lowest BCUT2D eigenvalue weighted by molar-refractivity contribution is 0.0599. The molecule has 0 radical (unpaired) electrons. The number of rotatable bonds is 3. The number of aromatic nitrogens is 2. The van der Waals surface area contributed by atoms with E-state index in [-0.39, 0.29) is 5.97 Å². The minimum absolute atomic E-state index is 0.318. The van der Waals surface area contributed by atoms with Gasteiger partial charge in [0.2, 0.25) is 0 Å². The van der Waals surface area contributed by atoms with E-state index in [1.54, 1.807) is 6.07 Å². The van der Waals surface area contributed by atoms with Gasteiger partial charge in [-0.15, -0.1) is 0 Å². The molecular formula is C14H15BrN2O2. The number of nitrogens with one attached hydrogen (secondary N) is 1. The van der Waals surface area contributed by atoms with Crippen LogP contribution in [-0.2, 0) is 11.2 Å². The fraction of sp³-hybridized carbons (Fsp3) is 0.286. The molecule has 0 aliphatic heterocycles. The van der Waals surface area contributed by atoms with Gasteiger partial charge < -0.3 is 4.74 Å². The summed E-state index contributed by atoms with van der Waals surface area (Å²) in [7, 11) is 1.39. The molecule has 2 aromatic rings. The molecule has 1 aromatic heterocycles. The number of hydrogen-bond acceptors (Lipinski definition) is 3. The fourth-order valence-corrected chi connectivity index (χ4v) is 2.45. The molecule has 0 aliphatic rings. The first-order valence-electron chi connectivity index (χ1n) is 5.90. The van der Waals surface area contributed by atoms with Crippen LogP contribution in [0.1, 0.15) is 32.9 Å². The van der Waals surface area contributed by atoms with Gasteiger partial charge in [0.15, 0.2) is 0 Å². The quantitative estimate of drug-likeness (QED) is 0.883. The maximum absolute atomic E-state index is 11.8. The molecule has 4 nitrogen and oxygen atoms in total. The highest BCUT2D eigenvalue weighted by Crippen LogP contribution is 2.22. The van der Waals surface area contributed by atoms with Crippen LogP contribution in [0.5, 0.6) is 0 Å². The summed E-state index contributed by atoms with van der Waals surface area (Å²) in [4.78, 5) is 11.8. The molecule has 0 unspecified atom stereocenters. The zero-order chi connectivity index (χ0) is 14.0. The van der Waals surface area contributed by atoms with Gasteiger partial charge in [-0.2, -0.15) is 5.10 Å². The molecule has 0 saturated heterocycles. The third-order valence-electron chi connectivity index (χ3n) is 3.12. The van der Waals surface area contributed by atoms with Gasteiger partial charge in [0.25, 0.3) is 0 Å². The summed E-state index contributed by atoms with van der Waals surface area (Å²) >= 11 is 3.43. The summed E-state index contributed by atoms with van der Waals surface area (Å²) in [6.45, 7) is 3.93. The number of aryl methyl sites for hydroxylation is 2. The molecule has 1 N–H and O–H groups in total. The van der Waals surface area contributed by atoms with Gasteiger partial charge in [0.05, 0.1) is 18.4 Å². The zero-order valence-electron chi connectivity index (χ0n) is 11.1. The van der Waals surface area contributed by atoms with E-state index in [0.29, 0.717) is 12.0 Å². The summed E-state index contributed by atoms with van der Waals surface area (Å²) in [5.74, 6) is -0.318. The second-order valence-electron chi connectivity index (χ2n) is 4.38. The van der Waals surface area contributed by atoms with E-state index in [4.69, 9.17) is 4.74 Å². The van der Waals surface area contributed by atoms with E-state index < -0.39 is 0 Å². The molecule has 1 heterocycles. The first kappa shape index (κ1) is 13.8. The van der Waals surface area contributed by atoms with Crippen molar-refractivity contribution in [1.29, 1.82) is 0 Å². The van der Waals surface area contributed by atoms with Crippen LogP contribution in [-0.4, -0.2) is 23.3 Å². The van der Waals surface area contributed by atoms with Crippen molar-refractivity contribution < 1.29 is 9.53 Å². The molecule has 0 fully saturated rings. The lowest BCUT2D eigenvalue weighted by atomic mass is 9.99. The molecule has 1 aromatic carbocycles. The van der Waals surface area contributed by atoms with Crippen molar-refractivity contribution in [2.75, 3.05) is 7.11 Å². The Kier molecular flexibility index (Phi) is 4.04. The number of nitrogens with zero attached hydrogens (tertiary/aromatic N) is 1. The number of benzene rings is 1. The number of ether oxygens (including phenoxy) is 1. The third-order valence-corrected chi connectivity index (χ3v) is 3.61. The number of carbonyl (C=O) groups is 1. The molecule has 0 amide bonds. The Morgan fingerprint density at radius 2 is 2.16 bits per heavy atom. The van der Waals surface area contributed by atoms with E-state index in [2.05, 4.69) is 26.1 Å². The molecule has 0 saturated carbocycles.